The molecule has 1 heterocycles. The van der Waals surface area contributed by atoms with E-state index in [9.17, 15) is 4.79 Å². The van der Waals surface area contributed by atoms with Crippen molar-refractivity contribution in [1.82, 2.24) is 10.2 Å². The number of rotatable bonds is 2. The van der Waals surface area contributed by atoms with Gasteiger partial charge in [0.05, 0.1) is 15.7 Å². The number of aryl methyl sites for hydroxylation is 1. The second kappa shape index (κ2) is 4.88. The first-order valence-electron chi connectivity index (χ1n) is 5.05. The summed E-state index contributed by atoms with van der Waals surface area (Å²) in [6, 6.07) is 4.62. The minimum absolute atomic E-state index is 0.236. The third-order valence-corrected chi connectivity index (χ3v) is 3.08. The van der Waals surface area contributed by atoms with E-state index in [0.717, 1.165) is 5.69 Å². The molecule has 4 N–H and O–H groups in total. The van der Waals surface area contributed by atoms with E-state index in [2.05, 4.69) is 15.5 Å². The Morgan fingerprint density at radius 2 is 2.11 bits per heavy atom. The maximum Gasteiger partial charge on any atom is 0.256 e. The van der Waals surface area contributed by atoms with Crippen LogP contribution in [0.2, 0.25) is 10.0 Å². The van der Waals surface area contributed by atoms with Crippen molar-refractivity contribution in [3.05, 3.63) is 39.5 Å². The van der Waals surface area contributed by atoms with Gasteiger partial charge in [-0.15, -0.1) is 0 Å². The topological polar surface area (TPSA) is 83.8 Å². The van der Waals surface area contributed by atoms with Gasteiger partial charge in [-0.25, -0.2) is 0 Å². The number of amides is 1. The standard InChI is InChI=1S/C11H10Cl2N4O/c1-5-2-9(17-16-5)15-11(18)6-3-7(12)10(13)8(14)4-6/h2-4H,14H2,1H3,(H2,15,16,17,18). The van der Waals surface area contributed by atoms with Gasteiger partial charge in [0.25, 0.3) is 5.91 Å². The van der Waals surface area contributed by atoms with Crippen molar-refractivity contribution >= 4 is 40.6 Å². The number of hydrogen-bond acceptors (Lipinski definition) is 3. The van der Waals surface area contributed by atoms with Crippen molar-refractivity contribution in [2.45, 2.75) is 6.92 Å². The zero-order chi connectivity index (χ0) is 13.3. The van der Waals surface area contributed by atoms with Crippen LogP contribution < -0.4 is 11.1 Å². The summed E-state index contributed by atoms with van der Waals surface area (Å²) >= 11 is 11.7. The summed E-state index contributed by atoms with van der Waals surface area (Å²) in [7, 11) is 0. The van der Waals surface area contributed by atoms with Gasteiger partial charge in [-0.1, -0.05) is 23.2 Å². The van der Waals surface area contributed by atoms with Gasteiger partial charge in [-0.2, -0.15) is 5.10 Å². The van der Waals surface area contributed by atoms with E-state index >= 15 is 0 Å². The number of carbonyl (C=O) groups excluding carboxylic acids is 1. The monoisotopic (exact) mass is 284 g/mol. The van der Waals surface area contributed by atoms with Crippen LogP contribution in [-0.4, -0.2) is 16.1 Å². The van der Waals surface area contributed by atoms with Gasteiger partial charge in [0, 0.05) is 17.3 Å². The van der Waals surface area contributed by atoms with Crippen LogP contribution in [0.1, 0.15) is 16.1 Å². The van der Waals surface area contributed by atoms with E-state index in [0.29, 0.717) is 11.4 Å². The summed E-state index contributed by atoms with van der Waals surface area (Å²) in [5.74, 6) is 0.0777. The minimum Gasteiger partial charge on any atom is -0.397 e. The molecular formula is C11H10Cl2N4O. The Balaban J connectivity index is 2.24. The van der Waals surface area contributed by atoms with Gasteiger partial charge in [-0.05, 0) is 19.1 Å². The number of aromatic nitrogens is 2. The van der Waals surface area contributed by atoms with Crippen LogP contribution in [0.4, 0.5) is 11.5 Å². The fourth-order valence-corrected chi connectivity index (χ4v) is 1.75. The fourth-order valence-electron chi connectivity index (χ4n) is 1.41. The lowest BCUT2D eigenvalue weighted by molar-refractivity contribution is 0.102. The fraction of sp³-hybridized carbons (Fsp3) is 0.0909. The molecule has 1 aromatic heterocycles. The molecule has 18 heavy (non-hydrogen) atoms. The second-order valence-electron chi connectivity index (χ2n) is 3.75. The number of nitrogen functional groups attached to an aromatic ring is 1. The zero-order valence-corrected chi connectivity index (χ0v) is 10.9. The Labute approximate surface area is 113 Å². The van der Waals surface area contributed by atoms with E-state index in [1.54, 1.807) is 6.07 Å². The predicted molar refractivity (Wildman–Crippen MR) is 72.2 cm³/mol. The molecular weight excluding hydrogens is 275 g/mol. The number of anilines is 2. The highest BCUT2D eigenvalue weighted by Crippen LogP contribution is 2.29. The van der Waals surface area contributed by atoms with E-state index < -0.39 is 0 Å². The number of hydrogen-bond donors (Lipinski definition) is 3. The van der Waals surface area contributed by atoms with Gasteiger partial charge in [0.1, 0.15) is 0 Å². The molecule has 1 aromatic carbocycles. The summed E-state index contributed by atoms with van der Waals surface area (Å²) in [5.41, 5.74) is 7.06. The first-order chi connectivity index (χ1) is 8.47. The van der Waals surface area contributed by atoms with Crippen molar-refractivity contribution in [1.29, 1.82) is 0 Å². The lowest BCUT2D eigenvalue weighted by atomic mass is 10.2. The molecule has 0 spiro atoms. The number of nitrogens with one attached hydrogen (secondary N) is 2. The van der Waals surface area contributed by atoms with Gasteiger partial charge >= 0.3 is 0 Å². The van der Waals surface area contributed by atoms with Gasteiger partial charge in [-0.3, -0.25) is 9.89 Å². The molecule has 0 fully saturated rings. The molecule has 0 saturated carbocycles. The molecule has 0 unspecified atom stereocenters. The van der Waals surface area contributed by atoms with Crippen LogP contribution in [0.3, 0.4) is 0 Å². The number of carbonyl (C=O) groups is 1. The normalized spacial score (nSPS) is 10.4. The van der Waals surface area contributed by atoms with Crippen molar-refractivity contribution in [3.8, 4) is 0 Å². The molecule has 0 atom stereocenters. The van der Waals surface area contributed by atoms with Crippen LogP contribution in [0.25, 0.3) is 0 Å². The molecule has 5 nitrogen and oxygen atoms in total. The van der Waals surface area contributed by atoms with Gasteiger partial charge in [0.15, 0.2) is 5.82 Å². The number of H-pyrrole nitrogens is 1. The molecule has 7 heteroatoms. The Morgan fingerprint density at radius 1 is 1.39 bits per heavy atom. The largest absolute Gasteiger partial charge is 0.397 e. The number of nitrogens with two attached hydrogens (primary N) is 1. The maximum atomic E-state index is 11.9. The molecule has 2 rings (SSSR count). The van der Waals surface area contributed by atoms with Crippen molar-refractivity contribution in [2.24, 2.45) is 0 Å². The molecule has 2 aromatic rings. The van der Waals surface area contributed by atoms with Crippen molar-refractivity contribution in [2.75, 3.05) is 11.1 Å². The summed E-state index contributed by atoms with van der Waals surface area (Å²) in [6.45, 7) is 1.83. The molecule has 0 saturated heterocycles. The van der Waals surface area contributed by atoms with Gasteiger partial charge in [0.2, 0.25) is 0 Å². The first kappa shape index (κ1) is 12.7. The number of halogens is 2. The number of benzene rings is 1. The lowest BCUT2D eigenvalue weighted by Crippen LogP contribution is -2.12. The van der Waals surface area contributed by atoms with Crippen LogP contribution in [0.5, 0.6) is 0 Å². The minimum atomic E-state index is -0.355. The van der Waals surface area contributed by atoms with E-state index in [1.807, 2.05) is 6.92 Å². The van der Waals surface area contributed by atoms with Crippen LogP contribution in [-0.2, 0) is 0 Å². The van der Waals surface area contributed by atoms with Crippen molar-refractivity contribution in [3.63, 3.8) is 0 Å². The smallest absolute Gasteiger partial charge is 0.256 e. The Hall–Kier alpha value is -1.72. The second-order valence-corrected chi connectivity index (χ2v) is 4.54. The molecule has 0 aliphatic carbocycles. The number of aromatic amines is 1. The summed E-state index contributed by atoms with van der Waals surface area (Å²) < 4.78 is 0. The molecule has 94 valence electrons. The summed E-state index contributed by atoms with van der Waals surface area (Å²) in [5, 5.41) is 9.71. The lowest BCUT2D eigenvalue weighted by Gasteiger charge is -2.06. The van der Waals surface area contributed by atoms with E-state index in [-0.39, 0.29) is 21.6 Å². The zero-order valence-electron chi connectivity index (χ0n) is 9.42. The summed E-state index contributed by atoms with van der Waals surface area (Å²) in [4.78, 5) is 11.9. The molecule has 1 amide bonds. The third-order valence-electron chi connectivity index (χ3n) is 2.27. The average molecular weight is 285 g/mol. The molecule has 0 radical (unpaired) electrons. The highest BCUT2D eigenvalue weighted by atomic mass is 35.5. The van der Waals surface area contributed by atoms with E-state index in [4.69, 9.17) is 28.9 Å². The molecule has 0 aliphatic rings. The van der Waals surface area contributed by atoms with E-state index in [1.165, 1.54) is 12.1 Å². The maximum absolute atomic E-state index is 11.9. The molecule has 0 bridgehead atoms. The van der Waals surface area contributed by atoms with Crippen LogP contribution in [0, 0.1) is 6.92 Å². The predicted octanol–water partition coefficient (Wildman–Crippen LogP) is 2.86. The van der Waals surface area contributed by atoms with Crippen molar-refractivity contribution < 1.29 is 4.79 Å². The van der Waals surface area contributed by atoms with Crippen LogP contribution >= 0.6 is 23.2 Å². The Bertz CT molecular complexity index is 586. The Morgan fingerprint density at radius 3 is 2.67 bits per heavy atom. The average Bonchev–Trinajstić information content (AvgIpc) is 2.71. The quantitative estimate of drug-likeness (QED) is 0.742. The first-order valence-corrected chi connectivity index (χ1v) is 5.81. The third kappa shape index (κ3) is 2.57. The van der Waals surface area contributed by atoms with Crippen LogP contribution in [0.15, 0.2) is 18.2 Å². The Kier molecular flexibility index (Phi) is 3.45. The van der Waals surface area contributed by atoms with Gasteiger partial charge < -0.3 is 11.1 Å². The highest BCUT2D eigenvalue weighted by molar-refractivity contribution is 6.44. The molecule has 0 aliphatic heterocycles. The summed E-state index contributed by atoms with van der Waals surface area (Å²) in [6.07, 6.45) is 0. The highest BCUT2D eigenvalue weighted by Gasteiger charge is 2.12. The SMILES string of the molecule is Cc1cc(NC(=O)c2cc(N)c(Cl)c(Cl)c2)n[nH]1. The number of nitrogens with zero attached hydrogens (tertiary/aromatic N) is 1.